The van der Waals surface area contributed by atoms with Crippen LogP contribution in [0.25, 0.3) is 22.6 Å². The topological polar surface area (TPSA) is 113 Å². The normalized spacial score (nSPS) is 11.9. The van der Waals surface area contributed by atoms with E-state index in [1.807, 2.05) is 37.3 Å². The van der Waals surface area contributed by atoms with Gasteiger partial charge in [0.05, 0.1) is 36.1 Å². The first kappa shape index (κ1) is 23.1. The molecule has 5 aromatic rings. The zero-order chi connectivity index (χ0) is 25.1. The zero-order valence-electron chi connectivity index (χ0n) is 20.0. The number of furan rings is 1. The lowest BCUT2D eigenvalue weighted by molar-refractivity contribution is 0.0941. The molecule has 1 N–H and O–H groups in total. The second-order valence-corrected chi connectivity index (χ2v) is 8.23. The molecule has 0 radical (unpaired) electrons. The average molecular weight is 485 g/mol. The summed E-state index contributed by atoms with van der Waals surface area (Å²) in [6.07, 6.45) is 4.99. The van der Waals surface area contributed by atoms with Gasteiger partial charge in [-0.25, -0.2) is 4.98 Å². The Kier molecular flexibility index (Phi) is 6.36. The number of carbonyl (C=O) groups is 1. The van der Waals surface area contributed by atoms with Gasteiger partial charge < -0.3 is 23.7 Å². The third kappa shape index (κ3) is 4.63. The molecule has 0 saturated carbocycles. The van der Waals surface area contributed by atoms with Crippen LogP contribution in [0.4, 0.5) is 0 Å². The maximum absolute atomic E-state index is 13.4. The highest BCUT2D eigenvalue weighted by Gasteiger charge is 2.22. The molecule has 36 heavy (non-hydrogen) atoms. The van der Waals surface area contributed by atoms with Crippen molar-refractivity contribution < 1.29 is 23.2 Å². The highest BCUT2D eigenvalue weighted by molar-refractivity contribution is 6.07. The number of fused-ring (bicyclic) bond motifs is 1. The number of hydrogen-bond acceptors (Lipinski definition) is 8. The Hall–Kier alpha value is -4.66. The van der Waals surface area contributed by atoms with Gasteiger partial charge in [-0.1, -0.05) is 11.2 Å². The van der Waals surface area contributed by atoms with Crippen LogP contribution in [0.2, 0.25) is 0 Å². The molecule has 0 spiro atoms. The molecule has 0 fully saturated rings. The van der Waals surface area contributed by atoms with E-state index in [1.165, 1.54) is 0 Å². The monoisotopic (exact) mass is 484 g/mol. The molecule has 4 heterocycles. The molecule has 0 aliphatic carbocycles. The first-order valence-electron chi connectivity index (χ1n) is 11.3. The molecule has 1 unspecified atom stereocenters. The van der Waals surface area contributed by atoms with Gasteiger partial charge in [-0.2, -0.15) is 0 Å². The van der Waals surface area contributed by atoms with Crippen molar-refractivity contribution in [2.75, 3.05) is 7.11 Å². The van der Waals surface area contributed by atoms with Crippen molar-refractivity contribution in [1.82, 2.24) is 20.4 Å². The SMILES string of the molecule is COc1cc(C(C)NC(=O)c2cc(-c3ccco3)nc3onc(C)c23)ccc1OCc1ccncc1. The fourth-order valence-electron chi connectivity index (χ4n) is 3.89. The van der Waals surface area contributed by atoms with E-state index >= 15 is 0 Å². The van der Waals surface area contributed by atoms with E-state index in [2.05, 4.69) is 20.4 Å². The van der Waals surface area contributed by atoms with Crippen LogP contribution in [-0.4, -0.2) is 28.1 Å². The van der Waals surface area contributed by atoms with E-state index in [1.54, 1.807) is 50.9 Å². The van der Waals surface area contributed by atoms with Crippen LogP contribution in [0.1, 0.15) is 40.1 Å². The number of pyridine rings is 2. The summed E-state index contributed by atoms with van der Waals surface area (Å²) in [6, 6.07) is 14.3. The molecule has 0 bridgehead atoms. The van der Waals surface area contributed by atoms with Crippen molar-refractivity contribution >= 4 is 17.0 Å². The fourth-order valence-corrected chi connectivity index (χ4v) is 3.89. The van der Waals surface area contributed by atoms with Gasteiger partial charge in [0.25, 0.3) is 11.6 Å². The Morgan fingerprint density at radius 3 is 2.69 bits per heavy atom. The summed E-state index contributed by atoms with van der Waals surface area (Å²) in [5, 5.41) is 7.60. The maximum Gasteiger partial charge on any atom is 0.259 e. The Morgan fingerprint density at radius 2 is 1.94 bits per heavy atom. The molecule has 5 rings (SSSR count). The average Bonchev–Trinajstić information content (AvgIpc) is 3.58. The van der Waals surface area contributed by atoms with Crippen LogP contribution < -0.4 is 14.8 Å². The molecular weight excluding hydrogens is 460 g/mol. The standard InChI is InChI=1S/C27H24N4O5/c1-16(19-6-7-23(24(13-19)33-3)35-15-18-8-10-28-11-9-18)29-26(32)20-14-21(22-5-4-12-34-22)30-27-25(20)17(2)31-36-27/h4-14,16H,15H2,1-3H3,(H,29,32). The molecule has 0 saturated heterocycles. The number of rotatable bonds is 8. The molecule has 9 nitrogen and oxygen atoms in total. The Bertz CT molecular complexity index is 1500. The van der Waals surface area contributed by atoms with Crippen molar-refractivity contribution in [3.63, 3.8) is 0 Å². The van der Waals surface area contributed by atoms with Crippen LogP contribution in [0.15, 0.2) is 76.1 Å². The first-order chi connectivity index (χ1) is 17.5. The fraction of sp³-hybridized carbons (Fsp3) is 0.185. The Labute approximate surface area is 207 Å². The molecule has 0 aliphatic rings. The first-order valence-corrected chi connectivity index (χ1v) is 11.3. The van der Waals surface area contributed by atoms with Gasteiger partial charge in [0.2, 0.25) is 0 Å². The van der Waals surface area contributed by atoms with Crippen LogP contribution in [0.5, 0.6) is 11.5 Å². The van der Waals surface area contributed by atoms with Gasteiger partial charge in [-0.15, -0.1) is 0 Å². The van der Waals surface area contributed by atoms with E-state index < -0.39 is 0 Å². The van der Waals surface area contributed by atoms with Gasteiger partial charge >= 0.3 is 0 Å². The van der Waals surface area contributed by atoms with Crippen molar-refractivity contribution in [2.24, 2.45) is 0 Å². The van der Waals surface area contributed by atoms with Crippen molar-refractivity contribution in [3.05, 3.63) is 89.6 Å². The second kappa shape index (κ2) is 9.91. The molecule has 1 atom stereocenters. The highest BCUT2D eigenvalue weighted by atomic mass is 16.5. The number of methoxy groups -OCH3 is 1. The third-order valence-corrected chi connectivity index (χ3v) is 5.81. The summed E-state index contributed by atoms with van der Waals surface area (Å²) < 4.78 is 22.3. The summed E-state index contributed by atoms with van der Waals surface area (Å²) in [7, 11) is 1.58. The summed E-state index contributed by atoms with van der Waals surface area (Å²) in [6.45, 7) is 4.06. The summed E-state index contributed by atoms with van der Waals surface area (Å²) >= 11 is 0. The Balaban J connectivity index is 1.37. The third-order valence-electron chi connectivity index (χ3n) is 5.81. The largest absolute Gasteiger partial charge is 0.493 e. The number of ether oxygens (including phenoxy) is 2. The minimum Gasteiger partial charge on any atom is -0.493 e. The lowest BCUT2D eigenvalue weighted by Crippen LogP contribution is -2.27. The van der Waals surface area contributed by atoms with Crippen LogP contribution in [0, 0.1) is 6.92 Å². The van der Waals surface area contributed by atoms with E-state index in [-0.39, 0.29) is 17.7 Å². The predicted octanol–water partition coefficient (Wildman–Crippen LogP) is 5.26. The van der Waals surface area contributed by atoms with Crippen LogP contribution in [-0.2, 0) is 6.61 Å². The van der Waals surface area contributed by atoms with Crippen LogP contribution >= 0.6 is 0 Å². The minimum absolute atomic E-state index is 0.275. The quantitative estimate of drug-likeness (QED) is 0.317. The summed E-state index contributed by atoms with van der Waals surface area (Å²) in [5.74, 6) is 1.42. The number of nitrogens with one attached hydrogen (secondary N) is 1. The molecular formula is C27H24N4O5. The van der Waals surface area contributed by atoms with E-state index in [0.29, 0.717) is 46.2 Å². The zero-order valence-corrected chi connectivity index (χ0v) is 20.0. The van der Waals surface area contributed by atoms with Gasteiger partial charge in [0.1, 0.15) is 12.3 Å². The molecule has 9 heteroatoms. The van der Waals surface area contributed by atoms with Gasteiger partial charge in [-0.05, 0) is 67.4 Å². The van der Waals surface area contributed by atoms with E-state index in [4.69, 9.17) is 18.4 Å². The van der Waals surface area contributed by atoms with Crippen molar-refractivity contribution in [1.29, 1.82) is 0 Å². The maximum atomic E-state index is 13.4. The lowest BCUT2D eigenvalue weighted by Gasteiger charge is -2.18. The smallest absolute Gasteiger partial charge is 0.259 e. The number of nitrogens with zero attached hydrogens (tertiary/aromatic N) is 3. The number of aromatic nitrogens is 3. The highest BCUT2D eigenvalue weighted by Crippen LogP contribution is 2.32. The Morgan fingerprint density at radius 1 is 1.11 bits per heavy atom. The van der Waals surface area contributed by atoms with E-state index in [0.717, 1.165) is 11.1 Å². The number of aryl methyl sites for hydroxylation is 1. The number of hydrogen-bond donors (Lipinski definition) is 1. The number of amides is 1. The molecule has 1 aromatic carbocycles. The molecule has 1 amide bonds. The summed E-state index contributed by atoms with van der Waals surface area (Å²) in [5.41, 5.74) is 3.60. The van der Waals surface area contributed by atoms with Crippen molar-refractivity contribution in [2.45, 2.75) is 26.5 Å². The van der Waals surface area contributed by atoms with Crippen LogP contribution in [0.3, 0.4) is 0 Å². The van der Waals surface area contributed by atoms with Gasteiger partial charge in [0, 0.05) is 12.4 Å². The lowest BCUT2D eigenvalue weighted by atomic mass is 10.0. The summed E-state index contributed by atoms with van der Waals surface area (Å²) in [4.78, 5) is 21.9. The van der Waals surface area contributed by atoms with Gasteiger partial charge in [0.15, 0.2) is 17.3 Å². The molecule has 182 valence electrons. The molecule has 0 aliphatic heterocycles. The predicted molar refractivity (Wildman–Crippen MR) is 132 cm³/mol. The molecule has 4 aromatic heterocycles. The van der Waals surface area contributed by atoms with E-state index in [9.17, 15) is 4.79 Å². The van der Waals surface area contributed by atoms with Crippen molar-refractivity contribution in [3.8, 4) is 23.0 Å². The minimum atomic E-state index is -0.323. The van der Waals surface area contributed by atoms with Gasteiger partial charge in [-0.3, -0.25) is 9.78 Å². The number of carbonyl (C=O) groups excluding carboxylic acids is 1. The number of benzene rings is 1. The second-order valence-electron chi connectivity index (χ2n) is 8.23.